The third-order valence-corrected chi connectivity index (χ3v) is 6.46. The number of Topliss-reactive ketones (excluding diaryl/α,β-unsaturated/α-hetero) is 1. The fourth-order valence-corrected chi connectivity index (χ4v) is 4.64. The maximum absolute atomic E-state index is 11.5. The molecule has 6 aromatic rings. The third-order valence-electron chi connectivity index (χ3n) is 6.46. The molecule has 0 spiro atoms. The van der Waals surface area contributed by atoms with Crippen molar-refractivity contribution in [1.29, 1.82) is 0 Å². The lowest BCUT2D eigenvalue weighted by Gasteiger charge is -2.05. The summed E-state index contributed by atoms with van der Waals surface area (Å²) < 4.78 is 10.9. The lowest BCUT2D eigenvalue weighted by Crippen LogP contribution is -1.90. The Kier molecular flexibility index (Phi) is 5.91. The first kappa shape index (κ1) is 22.5. The van der Waals surface area contributed by atoms with Crippen LogP contribution >= 0.6 is 0 Å². The van der Waals surface area contributed by atoms with E-state index in [2.05, 4.69) is 53.3 Å². The Hall–Kier alpha value is -4.25. The molecule has 0 atom stereocenters. The van der Waals surface area contributed by atoms with E-state index in [1.807, 2.05) is 36.4 Å². The maximum atomic E-state index is 11.5. The molecule has 0 bridgehead atoms. The minimum atomic E-state index is 0.0253. The number of benzene rings is 4. The number of methoxy groups -OCH3 is 2. The van der Waals surface area contributed by atoms with Gasteiger partial charge in [0.05, 0.1) is 30.9 Å². The Morgan fingerprint density at radius 2 is 1.23 bits per heavy atom. The summed E-state index contributed by atoms with van der Waals surface area (Å²) in [5.41, 5.74) is 3.99. The molecule has 6 rings (SSSR count). The van der Waals surface area contributed by atoms with Crippen molar-refractivity contribution in [2.75, 3.05) is 14.2 Å². The van der Waals surface area contributed by atoms with Gasteiger partial charge in [0.2, 0.25) is 0 Å². The highest BCUT2D eigenvalue weighted by Gasteiger charge is 2.12. The van der Waals surface area contributed by atoms with Crippen molar-refractivity contribution in [3.63, 3.8) is 0 Å². The molecule has 0 aliphatic carbocycles. The van der Waals surface area contributed by atoms with Crippen molar-refractivity contribution in [3.05, 3.63) is 84.2 Å². The van der Waals surface area contributed by atoms with Crippen molar-refractivity contribution in [2.24, 2.45) is 0 Å². The molecule has 0 aliphatic rings. The lowest BCUT2D eigenvalue weighted by atomic mass is 10.1. The van der Waals surface area contributed by atoms with Crippen LogP contribution in [0.5, 0.6) is 11.5 Å². The van der Waals surface area contributed by atoms with E-state index in [1.54, 1.807) is 21.1 Å². The van der Waals surface area contributed by atoms with Crippen LogP contribution in [0.4, 0.5) is 0 Å². The Morgan fingerprint density at radius 1 is 0.714 bits per heavy atom. The van der Waals surface area contributed by atoms with Gasteiger partial charge in [-0.05, 0) is 41.5 Å². The number of aromatic amines is 2. The Labute approximate surface area is 203 Å². The molecule has 0 unspecified atom stereocenters. The zero-order valence-electron chi connectivity index (χ0n) is 20.4. The summed E-state index contributed by atoms with van der Waals surface area (Å²) in [4.78, 5) is 18.1. The van der Waals surface area contributed by atoms with Crippen molar-refractivity contribution >= 4 is 49.1 Å². The number of ether oxygens (including phenoxy) is 2. The number of fused-ring (bicyclic) bond motifs is 6. The van der Waals surface area contributed by atoms with E-state index in [9.17, 15) is 4.79 Å². The van der Waals surface area contributed by atoms with Crippen molar-refractivity contribution in [2.45, 2.75) is 20.3 Å². The van der Waals surface area contributed by atoms with Crippen molar-refractivity contribution in [1.82, 2.24) is 9.97 Å². The summed E-state index contributed by atoms with van der Waals surface area (Å²) in [5.74, 6) is 1.75. The first-order valence-corrected chi connectivity index (χ1v) is 11.7. The largest absolute Gasteiger partial charge is 0.496 e. The van der Waals surface area contributed by atoms with E-state index >= 15 is 0 Å². The second-order valence-corrected chi connectivity index (χ2v) is 8.56. The van der Waals surface area contributed by atoms with Crippen LogP contribution in [0.15, 0.2) is 72.8 Å². The van der Waals surface area contributed by atoms with Gasteiger partial charge in [0, 0.05) is 34.2 Å². The maximum Gasteiger partial charge on any atom is 0.175 e. The molecule has 2 heterocycles. The number of ketones is 1. The summed E-state index contributed by atoms with van der Waals surface area (Å²) >= 11 is 0. The van der Waals surface area contributed by atoms with Crippen LogP contribution < -0.4 is 9.47 Å². The van der Waals surface area contributed by atoms with Crippen LogP contribution in [0.2, 0.25) is 0 Å². The first-order chi connectivity index (χ1) is 17.0. The van der Waals surface area contributed by atoms with Gasteiger partial charge in [-0.3, -0.25) is 4.79 Å². The summed E-state index contributed by atoms with van der Waals surface area (Å²) in [7, 11) is 3.37. The Balaban J connectivity index is 0.000000145. The highest BCUT2D eigenvalue weighted by atomic mass is 16.5. The first-order valence-electron chi connectivity index (χ1n) is 11.7. The number of hydrogen-bond acceptors (Lipinski definition) is 3. The summed E-state index contributed by atoms with van der Waals surface area (Å²) in [6, 6.07) is 24.6. The van der Waals surface area contributed by atoms with Gasteiger partial charge >= 0.3 is 0 Å². The lowest BCUT2D eigenvalue weighted by molar-refractivity contribution is 0.101. The van der Waals surface area contributed by atoms with E-state index in [4.69, 9.17) is 9.47 Å². The number of rotatable bonds is 4. The molecule has 5 nitrogen and oxygen atoms in total. The second kappa shape index (κ2) is 9.18. The number of hydrogen-bond donors (Lipinski definition) is 2. The molecular formula is C30H28N2O3. The second-order valence-electron chi connectivity index (χ2n) is 8.56. The fraction of sp³-hybridized carbons (Fsp3) is 0.167. The van der Waals surface area contributed by atoms with E-state index in [0.29, 0.717) is 5.69 Å². The van der Waals surface area contributed by atoms with Crippen LogP contribution in [0.1, 0.15) is 30.0 Å². The Bertz CT molecular complexity index is 1690. The minimum absolute atomic E-state index is 0.0253. The van der Waals surface area contributed by atoms with E-state index < -0.39 is 0 Å². The van der Waals surface area contributed by atoms with Gasteiger partial charge in [0.1, 0.15) is 11.5 Å². The highest BCUT2D eigenvalue weighted by molar-refractivity contribution is 6.11. The number of nitrogens with one attached hydrogen (secondary N) is 2. The van der Waals surface area contributed by atoms with Crippen LogP contribution in [-0.2, 0) is 6.42 Å². The van der Waals surface area contributed by atoms with Crippen LogP contribution in [0.3, 0.4) is 0 Å². The van der Waals surface area contributed by atoms with Crippen molar-refractivity contribution in [3.8, 4) is 11.5 Å². The molecule has 2 aromatic heterocycles. The molecule has 0 fully saturated rings. The SMILES string of the molecule is CCc1cc2c(OC)cc3ccccc3c2[nH]1.COc1cc2ccccc2c2[nH]c(C(C)=O)cc12. The molecule has 0 saturated carbocycles. The standard InChI is InChI=1S/C15H13NO2.C15H15NO/c1-9(17)13-8-12-14(18-2)7-10-5-3-4-6-11(10)15(12)16-13;1-3-11-9-13-14(17-2)8-10-6-4-5-7-12(10)15(13)16-11/h3-8,16H,1-2H3;4-9,16H,3H2,1-2H3. The zero-order chi connectivity index (χ0) is 24.5. The van der Waals surface area contributed by atoms with Crippen molar-refractivity contribution < 1.29 is 14.3 Å². The Morgan fingerprint density at radius 3 is 1.74 bits per heavy atom. The molecule has 0 radical (unpaired) electrons. The minimum Gasteiger partial charge on any atom is -0.496 e. The topological polar surface area (TPSA) is 67.1 Å². The molecule has 5 heteroatoms. The molecule has 0 saturated heterocycles. The quantitative estimate of drug-likeness (QED) is 0.267. The van der Waals surface area contributed by atoms with Crippen LogP contribution in [-0.4, -0.2) is 30.0 Å². The molecular weight excluding hydrogens is 436 g/mol. The van der Waals surface area contributed by atoms with Gasteiger partial charge in [0.25, 0.3) is 0 Å². The third kappa shape index (κ3) is 3.99. The number of carbonyl (C=O) groups excluding carboxylic acids is 1. The van der Waals surface area contributed by atoms with Crippen LogP contribution in [0, 0.1) is 0 Å². The highest BCUT2D eigenvalue weighted by Crippen LogP contribution is 2.34. The number of aryl methyl sites for hydroxylation is 1. The van der Waals surface area contributed by atoms with Gasteiger partial charge in [-0.2, -0.15) is 0 Å². The van der Waals surface area contributed by atoms with E-state index in [0.717, 1.165) is 39.6 Å². The average molecular weight is 465 g/mol. The monoisotopic (exact) mass is 464 g/mol. The number of H-pyrrole nitrogens is 2. The van der Waals surface area contributed by atoms with Gasteiger partial charge in [-0.1, -0.05) is 55.5 Å². The summed E-state index contributed by atoms with van der Waals surface area (Å²) in [5, 5.41) is 6.77. The molecule has 4 aromatic carbocycles. The number of carbonyl (C=O) groups is 1. The predicted molar refractivity (Wildman–Crippen MR) is 144 cm³/mol. The molecule has 0 aliphatic heterocycles. The average Bonchev–Trinajstić information content (AvgIpc) is 3.54. The fourth-order valence-electron chi connectivity index (χ4n) is 4.64. The summed E-state index contributed by atoms with van der Waals surface area (Å²) in [6.07, 6.45) is 1.01. The van der Waals surface area contributed by atoms with E-state index in [-0.39, 0.29) is 5.78 Å². The molecule has 176 valence electrons. The van der Waals surface area contributed by atoms with Gasteiger partial charge in [-0.25, -0.2) is 0 Å². The normalized spacial score (nSPS) is 11.1. The molecule has 0 amide bonds. The predicted octanol–water partition coefficient (Wildman–Crippen LogP) is 7.42. The van der Waals surface area contributed by atoms with E-state index in [1.165, 1.54) is 27.4 Å². The van der Waals surface area contributed by atoms with Gasteiger partial charge in [-0.15, -0.1) is 0 Å². The van der Waals surface area contributed by atoms with Gasteiger partial charge < -0.3 is 19.4 Å². The molecule has 2 N–H and O–H groups in total. The molecule has 35 heavy (non-hydrogen) atoms. The zero-order valence-corrected chi connectivity index (χ0v) is 20.4. The summed E-state index contributed by atoms with van der Waals surface area (Å²) in [6.45, 7) is 3.71. The number of aromatic nitrogens is 2. The van der Waals surface area contributed by atoms with Gasteiger partial charge in [0.15, 0.2) is 5.78 Å². The smallest absolute Gasteiger partial charge is 0.175 e. The van der Waals surface area contributed by atoms with Crippen LogP contribution in [0.25, 0.3) is 43.4 Å².